The summed E-state index contributed by atoms with van der Waals surface area (Å²) >= 11 is 0. The Labute approximate surface area is 344 Å². The van der Waals surface area contributed by atoms with Gasteiger partial charge < -0.3 is 19.3 Å². The lowest BCUT2D eigenvalue weighted by Gasteiger charge is -2.44. The smallest absolute Gasteiger partial charge is 0.252 e. The lowest BCUT2D eigenvalue weighted by Crippen LogP contribution is -2.61. The van der Waals surface area contributed by atoms with Crippen LogP contribution in [0.2, 0.25) is 0 Å². The van der Waals surface area contributed by atoms with Crippen molar-refractivity contribution in [3.8, 4) is 5.69 Å². The summed E-state index contributed by atoms with van der Waals surface area (Å²) in [4.78, 5) is 7.30. The standard InChI is InChI=1S/C54H37BN4/c1-6-19-38(20-7-1)56(39-21-8-2-9-22-39)43-33-34-48-44(35-43)45-36-47-53(37-52(45)57(48)40-23-10-3-11-24-40)59(42-27-14-5-15-28-42)51-32-18-31-50-54(51)55(47)46-29-16-17-30-49(46)58(50)41-25-12-4-13-26-41/h1-37H. The molecule has 0 radical (unpaired) electrons. The van der Waals surface area contributed by atoms with Crippen molar-refractivity contribution in [2.24, 2.45) is 0 Å². The molecule has 0 saturated heterocycles. The molecule has 0 unspecified atom stereocenters. The van der Waals surface area contributed by atoms with Gasteiger partial charge in [-0.05, 0) is 120 Å². The maximum atomic E-state index is 2.51. The molecule has 3 heterocycles. The molecule has 10 aromatic rings. The molecule has 0 fully saturated rings. The van der Waals surface area contributed by atoms with Crippen molar-refractivity contribution < 1.29 is 0 Å². The first-order valence-electron chi connectivity index (χ1n) is 20.3. The van der Waals surface area contributed by atoms with Gasteiger partial charge in [-0.3, -0.25) is 0 Å². The van der Waals surface area contributed by atoms with Crippen LogP contribution in [0.25, 0.3) is 27.5 Å². The van der Waals surface area contributed by atoms with Crippen LogP contribution < -0.4 is 31.1 Å². The summed E-state index contributed by atoms with van der Waals surface area (Å²) in [5.41, 5.74) is 17.8. The highest BCUT2D eigenvalue weighted by atomic mass is 15.2. The first kappa shape index (κ1) is 33.4. The van der Waals surface area contributed by atoms with E-state index in [1.54, 1.807) is 0 Å². The fraction of sp³-hybridized carbons (Fsp3) is 0. The Morgan fingerprint density at radius 3 is 1.42 bits per heavy atom. The number of anilines is 9. The van der Waals surface area contributed by atoms with E-state index in [9.17, 15) is 0 Å². The minimum absolute atomic E-state index is 0.0140. The zero-order valence-corrected chi connectivity index (χ0v) is 32.2. The van der Waals surface area contributed by atoms with Gasteiger partial charge in [0.1, 0.15) is 0 Å². The molecule has 0 bridgehead atoms. The summed E-state index contributed by atoms with van der Waals surface area (Å²) in [5, 5.41) is 2.43. The minimum Gasteiger partial charge on any atom is -0.311 e. The number of fused-ring (bicyclic) bond motifs is 7. The molecule has 12 rings (SSSR count). The predicted octanol–water partition coefficient (Wildman–Crippen LogP) is 12.3. The molecule has 0 aliphatic carbocycles. The number of aromatic nitrogens is 1. The van der Waals surface area contributed by atoms with Gasteiger partial charge in [0.2, 0.25) is 0 Å². The van der Waals surface area contributed by atoms with Crippen molar-refractivity contribution in [1.29, 1.82) is 0 Å². The summed E-state index contributed by atoms with van der Waals surface area (Å²) in [7, 11) is 0. The summed E-state index contributed by atoms with van der Waals surface area (Å²) in [6.07, 6.45) is 0. The average Bonchev–Trinajstić information content (AvgIpc) is 3.62. The molecule has 5 heteroatoms. The quantitative estimate of drug-likeness (QED) is 0.157. The zero-order chi connectivity index (χ0) is 38.9. The number of nitrogens with zero attached hydrogens (tertiary/aromatic N) is 4. The maximum absolute atomic E-state index is 2.51. The van der Waals surface area contributed by atoms with E-state index in [-0.39, 0.29) is 6.71 Å². The summed E-state index contributed by atoms with van der Waals surface area (Å²) in [6, 6.07) is 81.6. The SMILES string of the molecule is c1ccc(N(c2ccccc2)c2ccc3c(c2)c2cc4c(cc2n3-c2ccccc2)N(c2ccccc2)c2cccc3c2B4c2ccccc2N3c2ccccc2)cc1. The number of hydrogen-bond acceptors (Lipinski definition) is 3. The molecule has 0 saturated carbocycles. The van der Waals surface area contributed by atoms with E-state index in [1.165, 1.54) is 60.9 Å². The number of hydrogen-bond donors (Lipinski definition) is 0. The lowest BCUT2D eigenvalue weighted by molar-refractivity contribution is 1.18. The van der Waals surface area contributed by atoms with Gasteiger partial charge in [-0.25, -0.2) is 0 Å². The molecule has 0 atom stereocenters. The van der Waals surface area contributed by atoms with Crippen LogP contribution in [0, 0.1) is 0 Å². The number of benzene rings is 9. The topological polar surface area (TPSA) is 14.7 Å². The monoisotopic (exact) mass is 752 g/mol. The van der Waals surface area contributed by atoms with E-state index in [0.717, 1.165) is 34.1 Å². The van der Waals surface area contributed by atoms with E-state index in [4.69, 9.17) is 0 Å². The number of rotatable bonds is 6. The number of para-hydroxylation sites is 6. The Kier molecular flexibility index (Phi) is 7.60. The fourth-order valence-corrected chi connectivity index (χ4v) is 9.69. The van der Waals surface area contributed by atoms with Crippen molar-refractivity contribution in [2.45, 2.75) is 0 Å². The second-order valence-electron chi connectivity index (χ2n) is 15.4. The Balaban J connectivity index is 1.18. The zero-order valence-electron chi connectivity index (χ0n) is 32.2. The van der Waals surface area contributed by atoms with Gasteiger partial charge >= 0.3 is 0 Å². The van der Waals surface area contributed by atoms with Gasteiger partial charge in [0.25, 0.3) is 6.71 Å². The van der Waals surface area contributed by atoms with Crippen LogP contribution in [0.4, 0.5) is 51.2 Å². The normalized spacial score (nSPS) is 12.6. The molecule has 276 valence electrons. The second-order valence-corrected chi connectivity index (χ2v) is 15.4. The largest absolute Gasteiger partial charge is 0.311 e. The van der Waals surface area contributed by atoms with E-state index < -0.39 is 0 Å². The Bertz CT molecular complexity index is 3130. The van der Waals surface area contributed by atoms with E-state index in [0.29, 0.717) is 0 Å². The van der Waals surface area contributed by atoms with Crippen LogP contribution in [0.5, 0.6) is 0 Å². The summed E-state index contributed by atoms with van der Waals surface area (Å²) in [5.74, 6) is 0. The van der Waals surface area contributed by atoms with Crippen molar-refractivity contribution in [1.82, 2.24) is 4.57 Å². The van der Waals surface area contributed by atoms with Crippen molar-refractivity contribution in [3.05, 3.63) is 224 Å². The molecule has 2 aliphatic heterocycles. The Morgan fingerprint density at radius 1 is 0.322 bits per heavy atom. The molecule has 1 aromatic heterocycles. The molecule has 2 aliphatic rings. The third kappa shape index (κ3) is 5.18. The molecule has 9 aromatic carbocycles. The summed E-state index contributed by atoms with van der Waals surface area (Å²) in [6.45, 7) is 0.0140. The molecule has 59 heavy (non-hydrogen) atoms. The Morgan fingerprint density at radius 2 is 0.814 bits per heavy atom. The third-order valence-electron chi connectivity index (χ3n) is 12.1. The third-order valence-corrected chi connectivity index (χ3v) is 12.1. The first-order chi connectivity index (χ1) is 29.3. The molecular weight excluding hydrogens is 715 g/mol. The highest BCUT2D eigenvalue weighted by Gasteiger charge is 2.43. The van der Waals surface area contributed by atoms with Crippen LogP contribution in [0.15, 0.2) is 224 Å². The highest BCUT2D eigenvalue weighted by Crippen LogP contribution is 2.46. The van der Waals surface area contributed by atoms with Crippen LogP contribution >= 0.6 is 0 Å². The molecule has 0 spiro atoms. The molecular formula is C54H37BN4. The van der Waals surface area contributed by atoms with E-state index in [1.807, 2.05) is 0 Å². The van der Waals surface area contributed by atoms with Crippen LogP contribution in [0.3, 0.4) is 0 Å². The highest BCUT2D eigenvalue weighted by molar-refractivity contribution is 7.00. The van der Waals surface area contributed by atoms with E-state index in [2.05, 4.69) is 244 Å². The average molecular weight is 753 g/mol. The molecule has 0 amide bonds. The predicted molar refractivity (Wildman–Crippen MR) is 249 cm³/mol. The van der Waals surface area contributed by atoms with Gasteiger partial charge in [-0.2, -0.15) is 0 Å². The molecule has 4 nitrogen and oxygen atoms in total. The van der Waals surface area contributed by atoms with Crippen molar-refractivity contribution in [2.75, 3.05) is 14.7 Å². The maximum Gasteiger partial charge on any atom is 0.252 e. The van der Waals surface area contributed by atoms with Crippen LogP contribution in [0.1, 0.15) is 0 Å². The van der Waals surface area contributed by atoms with Crippen LogP contribution in [-0.4, -0.2) is 11.3 Å². The Hall–Kier alpha value is -7.76. The van der Waals surface area contributed by atoms with E-state index >= 15 is 0 Å². The van der Waals surface area contributed by atoms with Gasteiger partial charge in [-0.15, -0.1) is 0 Å². The van der Waals surface area contributed by atoms with Gasteiger partial charge in [-0.1, -0.05) is 121 Å². The summed E-state index contributed by atoms with van der Waals surface area (Å²) < 4.78 is 2.45. The molecule has 0 N–H and O–H groups in total. The lowest BCUT2D eigenvalue weighted by atomic mass is 9.33. The second kappa shape index (κ2) is 13.4. The minimum atomic E-state index is 0.0140. The van der Waals surface area contributed by atoms with Crippen molar-refractivity contribution >= 4 is 96.1 Å². The van der Waals surface area contributed by atoms with Gasteiger partial charge in [0, 0.05) is 67.6 Å². The van der Waals surface area contributed by atoms with Crippen LogP contribution in [-0.2, 0) is 0 Å². The van der Waals surface area contributed by atoms with Gasteiger partial charge in [0.05, 0.1) is 11.0 Å². The fourth-order valence-electron chi connectivity index (χ4n) is 9.69. The van der Waals surface area contributed by atoms with Gasteiger partial charge in [0.15, 0.2) is 0 Å². The first-order valence-corrected chi connectivity index (χ1v) is 20.3. The van der Waals surface area contributed by atoms with Crippen molar-refractivity contribution in [3.63, 3.8) is 0 Å².